The van der Waals surface area contributed by atoms with E-state index in [4.69, 9.17) is 35.6 Å². The molecule has 37 heavy (non-hydrogen) atoms. The van der Waals surface area contributed by atoms with E-state index in [0.29, 0.717) is 16.8 Å². The first-order valence-corrected chi connectivity index (χ1v) is 11.5. The maximum Gasteiger partial charge on any atom is 0.336 e. The van der Waals surface area contributed by atoms with Crippen LogP contribution in [0.15, 0.2) is 11.0 Å². The van der Waals surface area contributed by atoms with Crippen LogP contribution in [0.3, 0.4) is 0 Å². The molecule has 0 amide bonds. The Labute approximate surface area is 211 Å². The van der Waals surface area contributed by atoms with Gasteiger partial charge in [-0.2, -0.15) is 4.98 Å². The summed E-state index contributed by atoms with van der Waals surface area (Å²) in [5, 5.41) is 44.2. The van der Waals surface area contributed by atoms with E-state index in [2.05, 4.69) is 9.97 Å². The molecular weight excluding hydrogens is 520 g/mol. The minimum atomic E-state index is -2.74. The third-order valence-electron chi connectivity index (χ3n) is 5.17. The SMILES string of the molecule is CCC(OC(C)=O)[C@@H]1C[C@@H](O)[C@H](n2c(=O)sc3cnc(N)nc32)O1.O=C(O)CC(O)(CC(=O)O)C(=O)O. The second-order valence-electron chi connectivity index (χ2n) is 8.06. The smallest absolute Gasteiger partial charge is 0.336 e. The topological polar surface area (TPSA) is 262 Å². The number of nitrogens with two attached hydrogens (primary N) is 1. The predicted octanol–water partition coefficient (Wildman–Crippen LogP) is -0.823. The Morgan fingerprint density at radius 2 is 1.86 bits per heavy atom. The second kappa shape index (κ2) is 12.0. The number of aliphatic carboxylic acids is 3. The van der Waals surface area contributed by atoms with Crippen molar-refractivity contribution < 1.29 is 54.2 Å². The molecule has 0 aromatic carbocycles. The lowest BCUT2D eigenvalue weighted by molar-refractivity contribution is -0.170. The molecule has 1 fully saturated rings. The number of nitrogens with zero attached hydrogens (tertiary/aromatic N) is 3. The number of anilines is 1. The molecule has 2 aromatic heterocycles. The van der Waals surface area contributed by atoms with Crippen LogP contribution < -0.4 is 10.6 Å². The van der Waals surface area contributed by atoms with Gasteiger partial charge in [-0.05, 0) is 6.42 Å². The number of fused-ring (bicyclic) bond motifs is 1. The fourth-order valence-corrected chi connectivity index (χ4v) is 4.39. The van der Waals surface area contributed by atoms with Gasteiger partial charge in [0.1, 0.15) is 12.2 Å². The van der Waals surface area contributed by atoms with E-state index in [9.17, 15) is 29.1 Å². The summed E-state index contributed by atoms with van der Waals surface area (Å²) in [6.07, 6.45) is -2.85. The molecule has 2 aromatic rings. The summed E-state index contributed by atoms with van der Waals surface area (Å²) in [7, 11) is 0. The largest absolute Gasteiger partial charge is 0.481 e. The third kappa shape index (κ3) is 7.42. The van der Waals surface area contributed by atoms with Crippen LogP contribution >= 0.6 is 11.3 Å². The summed E-state index contributed by atoms with van der Waals surface area (Å²) in [6, 6.07) is 0. The predicted molar refractivity (Wildman–Crippen MR) is 124 cm³/mol. The van der Waals surface area contributed by atoms with Crippen molar-refractivity contribution >= 4 is 51.5 Å². The maximum atomic E-state index is 12.3. The van der Waals surface area contributed by atoms with Gasteiger partial charge in [0.05, 0.1) is 29.8 Å². The van der Waals surface area contributed by atoms with Crippen LogP contribution in [0.2, 0.25) is 0 Å². The van der Waals surface area contributed by atoms with Crippen LogP contribution in [0, 0.1) is 0 Å². The quantitative estimate of drug-likeness (QED) is 0.210. The number of aliphatic hydroxyl groups is 2. The number of hydrogen-bond donors (Lipinski definition) is 6. The summed E-state index contributed by atoms with van der Waals surface area (Å²) in [5.74, 6) is -5.40. The van der Waals surface area contributed by atoms with Gasteiger partial charge in [-0.3, -0.25) is 23.7 Å². The molecule has 1 aliphatic rings. The number of nitrogen functional groups attached to an aromatic ring is 1. The number of carboxylic acid groups (broad SMARTS) is 3. The molecule has 7 N–H and O–H groups in total. The number of ether oxygens (including phenoxy) is 2. The monoisotopic (exact) mass is 546 g/mol. The van der Waals surface area contributed by atoms with E-state index in [-0.39, 0.29) is 17.2 Å². The van der Waals surface area contributed by atoms with Gasteiger partial charge in [0.25, 0.3) is 0 Å². The van der Waals surface area contributed by atoms with Crippen LogP contribution in [0.4, 0.5) is 5.95 Å². The van der Waals surface area contributed by atoms with Crippen LogP contribution in [0.25, 0.3) is 10.3 Å². The molecule has 16 nitrogen and oxygen atoms in total. The Morgan fingerprint density at radius 3 is 2.35 bits per heavy atom. The fraction of sp³-hybridized carbons (Fsp3) is 0.550. The van der Waals surface area contributed by atoms with Gasteiger partial charge >= 0.3 is 28.8 Å². The zero-order chi connectivity index (χ0) is 28.1. The number of aliphatic hydroxyl groups excluding tert-OH is 1. The van der Waals surface area contributed by atoms with E-state index in [1.165, 1.54) is 17.7 Å². The Morgan fingerprint density at radius 1 is 1.27 bits per heavy atom. The molecule has 17 heteroatoms. The molecule has 1 unspecified atom stereocenters. The lowest BCUT2D eigenvalue weighted by atomic mass is 9.96. The molecule has 204 valence electrons. The number of carbonyl (C=O) groups is 4. The first kappa shape index (κ1) is 29.6. The number of carbonyl (C=O) groups excluding carboxylic acids is 1. The van der Waals surface area contributed by atoms with Gasteiger partial charge in [-0.25, -0.2) is 9.78 Å². The molecule has 0 spiro atoms. The molecular formula is C20H26N4O12S. The number of aromatic nitrogens is 3. The highest BCUT2D eigenvalue weighted by molar-refractivity contribution is 7.16. The molecule has 4 atom stereocenters. The van der Waals surface area contributed by atoms with Gasteiger partial charge in [0.2, 0.25) is 5.95 Å². The summed E-state index contributed by atoms with van der Waals surface area (Å²) in [5.41, 5.74) is 3.18. The van der Waals surface area contributed by atoms with Crippen LogP contribution in [0.5, 0.6) is 0 Å². The van der Waals surface area contributed by atoms with Gasteiger partial charge in [-0.15, -0.1) is 0 Å². The van der Waals surface area contributed by atoms with Crippen molar-refractivity contribution in [1.82, 2.24) is 14.5 Å². The summed E-state index contributed by atoms with van der Waals surface area (Å²) in [6.45, 7) is 3.18. The number of carboxylic acids is 3. The lowest BCUT2D eigenvalue weighted by Crippen LogP contribution is -2.42. The molecule has 1 saturated heterocycles. The summed E-state index contributed by atoms with van der Waals surface area (Å²) < 4.78 is 12.9. The highest BCUT2D eigenvalue weighted by Gasteiger charge is 2.42. The minimum Gasteiger partial charge on any atom is -0.481 e. The van der Waals surface area contributed by atoms with Crippen molar-refractivity contribution in [2.24, 2.45) is 0 Å². The first-order chi connectivity index (χ1) is 17.2. The zero-order valence-corrected chi connectivity index (χ0v) is 20.5. The van der Waals surface area contributed by atoms with Gasteiger partial charge in [-0.1, -0.05) is 18.3 Å². The highest BCUT2D eigenvalue weighted by Crippen LogP contribution is 2.34. The van der Waals surface area contributed by atoms with E-state index >= 15 is 0 Å². The molecule has 0 saturated carbocycles. The van der Waals surface area contributed by atoms with Crippen LogP contribution in [0.1, 0.15) is 45.8 Å². The van der Waals surface area contributed by atoms with Crippen LogP contribution in [-0.4, -0.2) is 87.9 Å². The number of thiazole rings is 1. The Hall–Kier alpha value is -3.67. The summed E-state index contributed by atoms with van der Waals surface area (Å²) >= 11 is 0.953. The lowest BCUT2D eigenvalue weighted by Gasteiger charge is -2.22. The molecule has 0 aliphatic carbocycles. The van der Waals surface area contributed by atoms with E-state index < -0.39 is 66.9 Å². The molecule has 1 aliphatic heterocycles. The van der Waals surface area contributed by atoms with E-state index in [0.717, 1.165) is 11.3 Å². The number of rotatable bonds is 9. The standard InChI is InChI=1S/C14H18N4O5S.C6H8O7/c1-3-8(22-6(2)19)9-4-7(20)12(23-9)18-11-10(24-14(18)21)5-16-13(15)17-11;7-3(8)1-6(13,5(11)12)2-4(9)10/h5,7-9,12,20H,3-4H2,1-2H3,(H2,15,16,17);13H,1-2H2,(H,7,8)(H,9,10)(H,11,12)/t7-,8?,9+,12-;/m1./s1. The van der Waals surface area contributed by atoms with E-state index in [1.807, 2.05) is 6.92 Å². The average molecular weight is 547 g/mol. The molecule has 3 rings (SSSR count). The number of esters is 1. The third-order valence-corrected chi connectivity index (χ3v) is 6.05. The van der Waals surface area contributed by atoms with Crippen molar-refractivity contribution in [2.45, 2.75) is 69.7 Å². The van der Waals surface area contributed by atoms with Crippen molar-refractivity contribution in [2.75, 3.05) is 5.73 Å². The summed E-state index contributed by atoms with van der Waals surface area (Å²) in [4.78, 5) is 61.6. The minimum absolute atomic E-state index is 0.0319. The van der Waals surface area contributed by atoms with Crippen LogP contribution in [-0.2, 0) is 28.7 Å². The first-order valence-electron chi connectivity index (χ1n) is 10.7. The van der Waals surface area contributed by atoms with Crippen molar-refractivity contribution in [1.29, 1.82) is 0 Å². The molecule has 0 bridgehead atoms. The van der Waals surface area contributed by atoms with E-state index in [1.54, 1.807) is 0 Å². The van der Waals surface area contributed by atoms with Crippen molar-refractivity contribution in [3.63, 3.8) is 0 Å². The van der Waals surface area contributed by atoms with Gasteiger partial charge < -0.3 is 40.7 Å². The fourth-order valence-electron chi connectivity index (χ4n) is 3.58. The van der Waals surface area contributed by atoms with Gasteiger partial charge in [0.15, 0.2) is 17.5 Å². The molecule has 3 heterocycles. The normalized spacial score (nSPS) is 20.1. The Balaban J connectivity index is 0.000000317. The molecule has 0 radical (unpaired) electrons. The maximum absolute atomic E-state index is 12.3. The zero-order valence-electron chi connectivity index (χ0n) is 19.6. The Bertz CT molecular complexity index is 1210. The van der Waals surface area contributed by atoms with Gasteiger partial charge in [0, 0.05) is 13.3 Å². The van der Waals surface area contributed by atoms with Crippen molar-refractivity contribution in [3.05, 3.63) is 15.9 Å². The number of hydrogen-bond acceptors (Lipinski definition) is 13. The average Bonchev–Trinajstić information content (AvgIpc) is 3.29. The highest BCUT2D eigenvalue weighted by atomic mass is 32.1. The Kier molecular flexibility index (Phi) is 9.62. The van der Waals surface area contributed by atoms with Crippen molar-refractivity contribution in [3.8, 4) is 0 Å². The second-order valence-corrected chi connectivity index (χ2v) is 9.05.